The fourth-order valence-corrected chi connectivity index (χ4v) is 3.53. The van der Waals surface area contributed by atoms with Crippen LogP contribution in [0.25, 0.3) is 0 Å². The van der Waals surface area contributed by atoms with E-state index in [1.165, 1.54) is 38.1 Å². The second kappa shape index (κ2) is 14.1. The number of rotatable bonds is 13. The van der Waals surface area contributed by atoms with Crippen LogP contribution in [0.1, 0.15) is 25.0 Å². The molecule has 0 fully saturated rings. The second-order valence-corrected chi connectivity index (χ2v) is 9.01. The lowest BCUT2D eigenvalue weighted by Gasteiger charge is -2.27. The number of aliphatic carboxylic acids is 1. The number of carbonyl (C=O) groups excluding carboxylic acids is 3. The average molecular weight is 531 g/mol. The zero-order valence-electron chi connectivity index (χ0n) is 21.1. The van der Waals surface area contributed by atoms with Crippen LogP contribution in [0.2, 0.25) is 0 Å². The van der Waals surface area contributed by atoms with E-state index in [1.807, 2.05) is 0 Å². The number of benzene rings is 2. The molecule has 12 nitrogen and oxygen atoms in total. The summed E-state index contributed by atoms with van der Waals surface area (Å²) in [6, 6.07) is 9.00. The van der Waals surface area contributed by atoms with E-state index in [4.69, 9.17) is 5.73 Å². The van der Waals surface area contributed by atoms with Crippen molar-refractivity contribution in [2.75, 3.05) is 0 Å². The van der Waals surface area contributed by atoms with E-state index in [-0.39, 0.29) is 18.6 Å². The first kappa shape index (κ1) is 30.2. The maximum absolute atomic E-state index is 13.2. The Kier molecular flexibility index (Phi) is 11.2. The Morgan fingerprint density at radius 2 is 1.26 bits per heavy atom. The van der Waals surface area contributed by atoms with Gasteiger partial charge in [-0.3, -0.25) is 14.4 Å². The molecule has 12 heteroatoms. The summed E-state index contributed by atoms with van der Waals surface area (Å²) in [6.45, 7) is 2.54. The molecule has 6 unspecified atom stereocenters. The number of nitrogens with one attached hydrogen (secondary N) is 3. The third-order valence-electron chi connectivity index (χ3n) is 5.79. The third-order valence-corrected chi connectivity index (χ3v) is 5.79. The van der Waals surface area contributed by atoms with Crippen LogP contribution in [-0.2, 0) is 32.0 Å². The van der Waals surface area contributed by atoms with Gasteiger partial charge in [-0.15, -0.1) is 0 Å². The van der Waals surface area contributed by atoms with E-state index in [0.29, 0.717) is 11.1 Å². The number of phenols is 1. The van der Waals surface area contributed by atoms with E-state index < -0.39 is 60.1 Å². The molecule has 0 saturated heterocycles. The summed E-state index contributed by atoms with van der Waals surface area (Å²) < 4.78 is 0. The van der Waals surface area contributed by atoms with Gasteiger partial charge in [0.1, 0.15) is 29.9 Å². The van der Waals surface area contributed by atoms with E-state index in [1.54, 1.807) is 30.3 Å². The molecule has 0 saturated carbocycles. The maximum Gasteiger partial charge on any atom is 0.326 e. The number of aliphatic hydroxyl groups excluding tert-OH is 2. The van der Waals surface area contributed by atoms with Crippen LogP contribution in [0.3, 0.4) is 0 Å². The standard InChI is InChI=1S/C26H34N4O8/c1-14(31)21(27)24(35)30-22(15(2)32)25(36)28-19(12-16-6-4-3-5-7-16)23(34)29-20(26(37)38)13-17-8-10-18(33)11-9-17/h3-11,14-15,19-22,31-33H,12-13,27H2,1-2H3,(H,28,36)(H,29,34)(H,30,35)(H,37,38). The molecule has 0 aliphatic rings. The SMILES string of the molecule is CC(O)C(N)C(=O)NC(C(=O)NC(Cc1ccccc1)C(=O)NC(Cc1ccc(O)cc1)C(=O)O)C(C)O. The summed E-state index contributed by atoms with van der Waals surface area (Å²) in [5, 5.41) is 46.0. The van der Waals surface area contributed by atoms with Crippen molar-refractivity contribution in [3.63, 3.8) is 0 Å². The van der Waals surface area contributed by atoms with Gasteiger partial charge < -0.3 is 42.1 Å². The molecule has 0 aromatic heterocycles. The number of nitrogens with two attached hydrogens (primary N) is 1. The number of carbonyl (C=O) groups is 4. The highest BCUT2D eigenvalue weighted by molar-refractivity contribution is 5.94. The van der Waals surface area contributed by atoms with Gasteiger partial charge in [0.15, 0.2) is 0 Å². The van der Waals surface area contributed by atoms with Gasteiger partial charge in [-0.25, -0.2) is 4.79 Å². The topological polar surface area (TPSA) is 211 Å². The molecule has 2 rings (SSSR count). The van der Waals surface area contributed by atoms with Crippen molar-refractivity contribution >= 4 is 23.7 Å². The fourth-order valence-electron chi connectivity index (χ4n) is 3.53. The van der Waals surface area contributed by atoms with Crippen molar-refractivity contribution in [3.05, 3.63) is 65.7 Å². The van der Waals surface area contributed by atoms with Gasteiger partial charge in [0.2, 0.25) is 17.7 Å². The van der Waals surface area contributed by atoms with Gasteiger partial charge in [0.25, 0.3) is 0 Å². The van der Waals surface area contributed by atoms with Gasteiger partial charge in [-0.2, -0.15) is 0 Å². The number of hydrogen-bond acceptors (Lipinski definition) is 8. The smallest absolute Gasteiger partial charge is 0.326 e. The minimum Gasteiger partial charge on any atom is -0.508 e. The van der Waals surface area contributed by atoms with Gasteiger partial charge in [0, 0.05) is 12.8 Å². The number of carboxylic acid groups (broad SMARTS) is 1. The summed E-state index contributed by atoms with van der Waals surface area (Å²) in [5.74, 6) is -3.90. The monoisotopic (exact) mass is 530 g/mol. The number of aromatic hydroxyl groups is 1. The molecule has 0 aliphatic heterocycles. The normalized spacial score (nSPS) is 15.7. The molecular formula is C26H34N4O8. The molecule has 0 radical (unpaired) electrons. The number of carboxylic acids is 1. The van der Waals surface area contributed by atoms with Gasteiger partial charge in [0.05, 0.1) is 12.2 Å². The number of phenolic OH excluding ortho intramolecular Hbond substituents is 1. The lowest BCUT2D eigenvalue weighted by atomic mass is 10.0. The molecule has 206 valence electrons. The number of amides is 3. The highest BCUT2D eigenvalue weighted by Gasteiger charge is 2.33. The number of aliphatic hydroxyl groups is 2. The van der Waals surface area contributed by atoms with Gasteiger partial charge in [-0.05, 0) is 37.1 Å². The molecule has 9 N–H and O–H groups in total. The lowest BCUT2D eigenvalue weighted by molar-refractivity contribution is -0.142. The average Bonchev–Trinajstić information content (AvgIpc) is 2.87. The Labute approximate surface area is 219 Å². The zero-order valence-corrected chi connectivity index (χ0v) is 21.1. The molecule has 6 atom stereocenters. The van der Waals surface area contributed by atoms with Crippen LogP contribution in [-0.4, -0.2) is 80.5 Å². The Morgan fingerprint density at radius 3 is 1.79 bits per heavy atom. The molecule has 0 spiro atoms. The Hall–Kier alpha value is -4.00. The first-order valence-electron chi connectivity index (χ1n) is 12.0. The molecule has 2 aromatic rings. The Morgan fingerprint density at radius 1 is 0.737 bits per heavy atom. The van der Waals surface area contributed by atoms with Crippen molar-refractivity contribution in [3.8, 4) is 5.75 Å². The molecular weight excluding hydrogens is 496 g/mol. The molecule has 0 aliphatic carbocycles. The van der Waals surface area contributed by atoms with Crippen LogP contribution >= 0.6 is 0 Å². The van der Waals surface area contributed by atoms with E-state index in [9.17, 15) is 39.6 Å². The van der Waals surface area contributed by atoms with Crippen molar-refractivity contribution in [2.45, 2.75) is 63.1 Å². The second-order valence-electron chi connectivity index (χ2n) is 9.01. The minimum atomic E-state index is -1.51. The van der Waals surface area contributed by atoms with Crippen LogP contribution in [0, 0.1) is 0 Å². The highest BCUT2D eigenvalue weighted by atomic mass is 16.4. The van der Waals surface area contributed by atoms with Crippen LogP contribution in [0.15, 0.2) is 54.6 Å². The van der Waals surface area contributed by atoms with Gasteiger partial charge >= 0.3 is 5.97 Å². The molecule has 38 heavy (non-hydrogen) atoms. The number of hydrogen-bond donors (Lipinski definition) is 8. The zero-order chi connectivity index (χ0) is 28.4. The van der Waals surface area contributed by atoms with Crippen LogP contribution < -0.4 is 21.7 Å². The van der Waals surface area contributed by atoms with Crippen molar-refractivity contribution in [1.29, 1.82) is 0 Å². The predicted octanol–water partition coefficient (Wildman–Crippen LogP) is -1.19. The largest absolute Gasteiger partial charge is 0.508 e. The summed E-state index contributed by atoms with van der Waals surface area (Å²) >= 11 is 0. The first-order valence-corrected chi connectivity index (χ1v) is 12.0. The Balaban J connectivity index is 2.24. The Bertz CT molecular complexity index is 1090. The molecule has 3 amide bonds. The summed E-state index contributed by atoms with van der Waals surface area (Å²) in [4.78, 5) is 50.4. The van der Waals surface area contributed by atoms with E-state index in [2.05, 4.69) is 16.0 Å². The van der Waals surface area contributed by atoms with Crippen LogP contribution in [0.4, 0.5) is 0 Å². The van der Waals surface area contributed by atoms with E-state index in [0.717, 1.165) is 0 Å². The van der Waals surface area contributed by atoms with Crippen molar-refractivity contribution in [2.24, 2.45) is 5.73 Å². The minimum absolute atomic E-state index is 0.00413. The van der Waals surface area contributed by atoms with Crippen LogP contribution in [0.5, 0.6) is 5.75 Å². The van der Waals surface area contributed by atoms with Crippen molar-refractivity contribution < 1.29 is 39.6 Å². The van der Waals surface area contributed by atoms with Crippen molar-refractivity contribution in [1.82, 2.24) is 16.0 Å². The fraction of sp³-hybridized carbons (Fsp3) is 0.385. The molecule has 0 bridgehead atoms. The maximum atomic E-state index is 13.2. The first-order chi connectivity index (χ1) is 17.9. The quantitative estimate of drug-likeness (QED) is 0.156. The summed E-state index contributed by atoms with van der Waals surface area (Å²) in [5.41, 5.74) is 6.81. The molecule has 0 heterocycles. The van der Waals surface area contributed by atoms with E-state index >= 15 is 0 Å². The molecule has 2 aromatic carbocycles. The highest BCUT2D eigenvalue weighted by Crippen LogP contribution is 2.12. The third kappa shape index (κ3) is 9.14. The van der Waals surface area contributed by atoms with Gasteiger partial charge in [-0.1, -0.05) is 42.5 Å². The summed E-state index contributed by atoms with van der Waals surface area (Å²) in [7, 11) is 0. The predicted molar refractivity (Wildman–Crippen MR) is 137 cm³/mol. The summed E-state index contributed by atoms with van der Waals surface area (Å²) in [6.07, 6.45) is -2.71. The lowest BCUT2D eigenvalue weighted by Crippen LogP contribution is -2.61.